The Labute approximate surface area is 125 Å². The summed E-state index contributed by atoms with van der Waals surface area (Å²) in [6.45, 7) is 0.954. The van der Waals surface area contributed by atoms with Gasteiger partial charge in [0.25, 0.3) is 0 Å². The number of carboxylic acids is 1. The Morgan fingerprint density at radius 2 is 1.62 bits per heavy atom. The fourth-order valence-electron chi connectivity index (χ4n) is 2.53. The first-order valence-electron chi connectivity index (χ1n) is 7.86. The Morgan fingerprint density at radius 1 is 0.905 bits per heavy atom. The van der Waals surface area contributed by atoms with Gasteiger partial charge in [-0.05, 0) is 25.7 Å². The highest BCUT2D eigenvalue weighted by Gasteiger charge is 2.22. The fourth-order valence-corrected chi connectivity index (χ4v) is 2.53. The lowest BCUT2D eigenvalue weighted by molar-refractivity contribution is -0.137. The first-order valence-corrected chi connectivity index (χ1v) is 7.86. The minimum absolute atomic E-state index is 0.0695. The first kappa shape index (κ1) is 17.5. The molecule has 0 atom stereocenters. The molecule has 0 unspecified atom stereocenters. The summed E-state index contributed by atoms with van der Waals surface area (Å²) in [5.41, 5.74) is 0. The molecule has 21 heavy (non-hydrogen) atoms. The zero-order chi connectivity index (χ0) is 15.5. The molecule has 0 spiro atoms. The van der Waals surface area contributed by atoms with E-state index in [1.807, 2.05) is 0 Å². The summed E-state index contributed by atoms with van der Waals surface area (Å²) in [6, 6.07) is 0. The highest BCUT2D eigenvalue weighted by atomic mass is 16.4. The van der Waals surface area contributed by atoms with E-state index < -0.39 is 5.97 Å². The van der Waals surface area contributed by atoms with Crippen LogP contribution < -0.4 is 10.6 Å². The van der Waals surface area contributed by atoms with E-state index in [1.54, 1.807) is 0 Å². The molecule has 0 aromatic rings. The van der Waals surface area contributed by atoms with Crippen molar-refractivity contribution in [1.82, 2.24) is 10.6 Å². The molecular formula is C15H26N2O4. The number of carbonyl (C=O) groups excluding carboxylic acids is 2. The van der Waals surface area contributed by atoms with Gasteiger partial charge in [-0.25, -0.2) is 0 Å². The van der Waals surface area contributed by atoms with Crippen LogP contribution >= 0.6 is 0 Å². The maximum atomic E-state index is 11.7. The molecule has 0 bridgehead atoms. The molecule has 0 heterocycles. The van der Waals surface area contributed by atoms with Crippen LogP contribution in [-0.2, 0) is 14.4 Å². The van der Waals surface area contributed by atoms with E-state index in [2.05, 4.69) is 10.6 Å². The van der Waals surface area contributed by atoms with Crippen LogP contribution in [0.2, 0.25) is 0 Å². The normalized spacial score (nSPS) is 14.9. The molecule has 6 heteroatoms. The third-order valence-electron chi connectivity index (χ3n) is 3.77. The molecule has 3 N–H and O–H groups in total. The minimum atomic E-state index is -0.781. The lowest BCUT2D eigenvalue weighted by atomic mass is 10.1. The average molecular weight is 298 g/mol. The van der Waals surface area contributed by atoms with Crippen LogP contribution in [0.15, 0.2) is 0 Å². The highest BCUT2D eigenvalue weighted by Crippen LogP contribution is 2.24. The van der Waals surface area contributed by atoms with Gasteiger partial charge in [-0.3, -0.25) is 14.4 Å². The number of hydrogen-bond donors (Lipinski definition) is 3. The van der Waals surface area contributed by atoms with E-state index in [0.717, 1.165) is 38.5 Å². The summed E-state index contributed by atoms with van der Waals surface area (Å²) in [5, 5.41) is 14.1. The van der Waals surface area contributed by atoms with Gasteiger partial charge in [-0.1, -0.05) is 19.3 Å². The molecule has 6 nitrogen and oxygen atoms in total. The maximum Gasteiger partial charge on any atom is 0.303 e. The Hall–Kier alpha value is -1.59. The lowest BCUT2D eigenvalue weighted by Crippen LogP contribution is -2.33. The lowest BCUT2D eigenvalue weighted by Gasteiger charge is -2.10. The minimum Gasteiger partial charge on any atom is -0.481 e. The SMILES string of the molecule is O=C(O)CCCCCNC(=O)CCNC(=O)C1CCCC1. The van der Waals surface area contributed by atoms with Gasteiger partial charge < -0.3 is 15.7 Å². The predicted molar refractivity (Wildman–Crippen MR) is 78.7 cm³/mol. The van der Waals surface area contributed by atoms with Crippen molar-refractivity contribution in [1.29, 1.82) is 0 Å². The van der Waals surface area contributed by atoms with E-state index in [1.165, 1.54) is 0 Å². The van der Waals surface area contributed by atoms with E-state index in [0.29, 0.717) is 25.9 Å². The molecule has 1 rings (SSSR count). The molecule has 0 saturated heterocycles. The van der Waals surface area contributed by atoms with Gasteiger partial charge in [0.1, 0.15) is 0 Å². The number of aliphatic carboxylic acids is 1. The molecule has 1 saturated carbocycles. The molecule has 0 aromatic carbocycles. The summed E-state index contributed by atoms with van der Waals surface area (Å²) in [6.07, 6.45) is 6.89. The Balaban J connectivity index is 1.93. The predicted octanol–water partition coefficient (Wildman–Crippen LogP) is 1.44. The van der Waals surface area contributed by atoms with Crippen LogP contribution in [0, 0.1) is 5.92 Å². The molecule has 0 aromatic heterocycles. The van der Waals surface area contributed by atoms with Gasteiger partial charge in [-0.2, -0.15) is 0 Å². The first-order chi connectivity index (χ1) is 10.1. The second-order valence-electron chi connectivity index (χ2n) is 5.58. The largest absolute Gasteiger partial charge is 0.481 e. The van der Waals surface area contributed by atoms with Crippen molar-refractivity contribution >= 4 is 17.8 Å². The summed E-state index contributed by atoms with van der Waals surface area (Å²) in [4.78, 5) is 33.6. The standard InChI is InChI=1S/C15H26N2O4/c18-13(16-10-5-1-2-8-14(19)20)9-11-17-15(21)12-6-3-4-7-12/h12H,1-11H2,(H,16,18)(H,17,21)(H,19,20). The van der Waals surface area contributed by atoms with Gasteiger partial charge in [-0.15, -0.1) is 0 Å². The van der Waals surface area contributed by atoms with Crippen LogP contribution in [0.5, 0.6) is 0 Å². The summed E-state index contributed by atoms with van der Waals surface area (Å²) >= 11 is 0. The van der Waals surface area contributed by atoms with Gasteiger partial charge in [0.15, 0.2) is 0 Å². The van der Waals surface area contributed by atoms with Crippen molar-refractivity contribution in [2.75, 3.05) is 13.1 Å². The van der Waals surface area contributed by atoms with Gasteiger partial charge >= 0.3 is 5.97 Å². The van der Waals surface area contributed by atoms with Gasteiger partial charge in [0, 0.05) is 31.8 Å². The molecule has 0 radical (unpaired) electrons. The zero-order valence-corrected chi connectivity index (χ0v) is 12.5. The van der Waals surface area contributed by atoms with Crippen LogP contribution in [0.1, 0.15) is 57.8 Å². The van der Waals surface area contributed by atoms with Crippen LogP contribution in [0.25, 0.3) is 0 Å². The van der Waals surface area contributed by atoms with E-state index in [9.17, 15) is 14.4 Å². The molecule has 1 aliphatic carbocycles. The molecule has 1 fully saturated rings. The third-order valence-corrected chi connectivity index (χ3v) is 3.77. The number of nitrogens with one attached hydrogen (secondary N) is 2. The van der Waals surface area contributed by atoms with E-state index in [-0.39, 0.29) is 24.2 Å². The monoisotopic (exact) mass is 298 g/mol. The number of amides is 2. The van der Waals surface area contributed by atoms with E-state index in [4.69, 9.17) is 5.11 Å². The van der Waals surface area contributed by atoms with Crippen molar-refractivity contribution in [3.63, 3.8) is 0 Å². The van der Waals surface area contributed by atoms with Crippen LogP contribution in [0.4, 0.5) is 0 Å². The summed E-state index contributed by atoms with van der Waals surface area (Å²) in [5.74, 6) is -0.631. The Bertz CT molecular complexity index is 352. The third kappa shape index (κ3) is 8.32. The van der Waals surface area contributed by atoms with Gasteiger partial charge in [0.2, 0.25) is 11.8 Å². The molecule has 1 aliphatic rings. The van der Waals surface area contributed by atoms with Crippen molar-refractivity contribution in [3.05, 3.63) is 0 Å². The second kappa shape index (κ2) is 10.2. The summed E-state index contributed by atoms with van der Waals surface area (Å²) in [7, 11) is 0. The smallest absolute Gasteiger partial charge is 0.303 e. The topological polar surface area (TPSA) is 95.5 Å². The van der Waals surface area contributed by atoms with Crippen LogP contribution in [-0.4, -0.2) is 36.0 Å². The fraction of sp³-hybridized carbons (Fsp3) is 0.800. The number of carboxylic acid groups (broad SMARTS) is 1. The molecule has 120 valence electrons. The van der Waals surface area contributed by atoms with Crippen molar-refractivity contribution in [2.24, 2.45) is 5.92 Å². The maximum absolute atomic E-state index is 11.7. The van der Waals surface area contributed by atoms with E-state index >= 15 is 0 Å². The highest BCUT2D eigenvalue weighted by molar-refractivity contribution is 5.80. The number of hydrogen-bond acceptors (Lipinski definition) is 3. The van der Waals surface area contributed by atoms with Crippen molar-refractivity contribution in [2.45, 2.75) is 57.8 Å². The molecule has 0 aliphatic heterocycles. The quantitative estimate of drug-likeness (QED) is 0.532. The number of unbranched alkanes of at least 4 members (excludes halogenated alkanes) is 2. The Kier molecular flexibility index (Phi) is 8.47. The average Bonchev–Trinajstić information content (AvgIpc) is 2.96. The zero-order valence-electron chi connectivity index (χ0n) is 12.5. The summed E-state index contributed by atoms with van der Waals surface area (Å²) < 4.78 is 0. The van der Waals surface area contributed by atoms with Crippen molar-refractivity contribution < 1.29 is 19.5 Å². The molecular weight excluding hydrogens is 272 g/mol. The van der Waals surface area contributed by atoms with Gasteiger partial charge in [0.05, 0.1) is 0 Å². The molecule has 2 amide bonds. The second-order valence-corrected chi connectivity index (χ2v) is 5.58. The van der Waals surface area contributed by atoms with Crippen molar-refractivity contribution in [3.8, 4) is 0 Å². The van der Waals surface area contributed by atoms with Crippen LogP contribution in [0.3, 0.4) is 0 Å². The number of rotatable bonds is 10. The Morgan fingerprint density at radius 3 is 2.29 bits per heavy atom. The number of carbonyl (C=O) groups is 3.